The largest absolute Gasteiger partial charge is 0.444 e. The molecule has 0 aliphatic heterocycles. The fourth-order valence-corrected chi connectivity index (χ4v) is 1.85. The van der Waals surface area contributed by atoms with Crippen LogP contribution in [0.4, 0.5) is 4.79 Å². The van der Waals surface area contributed by atoms with Crippen LogP contribution in [0.15, 0.2) is 0 Å². The van der Waals surface area contributed by atoms with Crippen LogP contribution >= 0.6 is 0 Å². The highest BCUT2D eigenvalue weighted by atomic mass is 16.6. The molecule has 4 nitrogen and oxygen atoms in total. The minimum atomic E-state index is -0.495. The van der Waals surface area contributed by atoms with Crippen molar-refractivity contribution in [1.82, 2.24) is 5.32 Å². The first-order chi connectivity index (χ1) is 7.23. The molecule has 1 N–H and O–H groups in total. The van der Waals surface area contributed by atoms with Crippen LogP contribution in [0, 0.1) is 5.41 Å². The topological polar surface area (TPSA) is 55.4 Å². The average Bonchev–Trinajstić information content (AvgIpc) is 2.42. The maximum atomic E-state index is 11.6. The quantitative estimate of drug-likeness (QED) is 0.787. The maximum absolute atomic E-state index is 11.6. The SMILES string of the molecule is CC(C)(C)OC(=O)NCC1(C)CCCC1=O. The van der Waals surface area contributed by atoms with Gasteiger partial charge in [0, 0.05) is 18.4 Å². The normalized spacial score (nSPS) is 25.6. The van der Waals surface area contributed by atoms with Crippen LogP contribution in [0.25, 0.3) is 0 Å². The third-order valence-electron chi connectivity index (χ3n) is 2.83. The average molecular weight is 227 g/mol. The number of ketones is 1. The molecule has 1 aliphatic rings. The molecule has 0 spiro atoms. The van der Waals surface area contributed by atoms with E-state index in [1.165, 1.54) is 0 Å². The second kappa shape index (κ2) is 4.44. The summed E-state index contributed by atoms with van der Waals surface area (Å²) in [6, 6.07) is 0. The van der Waals surface area contributed by atoms with Crippen molar-refractivity contribution < 1.29 is 14.3 Å². The van der Waals surface area contributed by atoms with Gasteiger partial charge in [0.15, 0.2) is 0 Å². The van der Waals surface area contributed by atoms with Crippen LogP contribution < -0.4 is 5.32 Å². The van der Waals surface area contributed by atoms with Gasteiger partial charge in [-0.1, -0.05) is 6.92 Å². The Bertz CT molecular complexity index is 293. The lowest BCUT2D eigenvalue weighted by Crippen LogP contribution is -2.40. The molecule has 92 valence electrons. The first-order valence-electron chi connectivity index (χ1n) is 5.73. The van der Waals surface area contributed by atoms with Crippen LogP contribution in [0.3, 0.4) is 0 Å². The molecule has 0 radical (unpaired) electrons. The van der Waals surface area contributed by atoms with E-state index in [0.717, 1.165) is 12.8 Å². The molecule has 1 rings (SSSR count). The summed E-state index contributed by atoms with van der Waals surface area (Å²) in [5, 5.41) is 2.67. The molecule has 1 atom stereocenters. The minimum Gasteiger partial charge on any atom is -0.444 e. The van der Waals surface area contributed by atoms with Crippen LogP contribution in [-0.2, 0) is 9.53 Å². The summed E-state index contributed by atoms with van der Waals surface area (Å²) in [7, 11) is 0. The van der Waals surface area contributed by atoms with Crippen molar-refractivity contribution in [3.8, 4) is 0 Å². The molecule has 0 bridgehead atoms. The number of rotatable bonds is 2. The van der Waals surface area contributed by atoms with Gasteiger partial charge in [-0.05, 0) is 33.6 Å². The predicted octanol–water partition coefficient (Wildman–Crippen LogP) is 2.27. The number of alkyl carbamates (subject to hydrolysis) is 1. The molecule has 1 unspecified atom stereocenters. The highest BCUT2D eigenvalue weighted by Crippen LogP contribution is 2.33. The zero-order chi connectivity index (χ0) is 12.4. The summed E-state index contributed by atoms with van der Waals surface area (Å²) in [6.07, 6.45) is 1.95. The molecule has 1 fully saturated rings. The Hall–Kier alpha value is -1.06. The number of amides is 1. The fraction of sp³-hybridized carbons (Fsp3) is 0.833. The van der Waals surface area contributed by atoms with Crippen molar-refractivity contribution in [1.29, 1.82) is 0 Å². The van der Waals surface area contributed by atoms with E-state index in [4.69, 9.17) is 4.74 Å². The summed E-state index contributed by atoms with van der Waals surface area (Å²) >= 11 is 0. The van der Waals surface area contributed by atoms with Crippen molar-refractivity contribution in [2.75, 3.05) is 6.54 Å². The van der Waals surface area contributed by atoms with Crippen LogP contribution in [0.5, 0.6) is 0 Å². The predicted molar refractivity (Wildman–Crippen MR) is 61.2 cm³/mol. The zero-order valence-corrected chi connectivity index (χ0v) is 10.6. The standard InChI is InChI=1S/C12H21NO3/c1-11(2,3)16-10(15)13-8-12(4)7-5-6-9(12)14/h5-8H2,1-4H3,(H,13,15). The summed E-state index contributed by atoms with van der Waals surface area (Å²) in [5.41, 5.74) is -0.887. The van der Waals surface area contributed by atoms with Crippen molar-refractivity contribution >= 4 is 11.9 Å². The van der Waals surface area contributed by atoms with Crippen LogP contribution in [0.1, 0.15) is 47.0 Å². The van der Waals surface area contributed by atoms with Crippen LogP contribution in [0.2, 0.25) is 0 Å². The van der Waals surface area contributed by atoms with Gasteiger partial charge < -0.3 is 10.1 Å². The van der Waals surface area contributed by atoms with Crippen molar-refractivity contribution in [2.45, 2.75) is 52.6 Å². The molecular weight excluding hydrogens is 206 g/mol. The van der Waals surface area contributed by atoms with E-state index in [0.29, 0.717) is 13.0 Å². The van der Waals surface area contributed by atoms with E-state index in [9.17, 15) is 9.59 Å². The number of carbonyl (C=O) groups excluding carboxylic acids is 2. The number of carbonyl (C=O) groups is 2. The van der Waals surface area contributed by atoms with Gasteiger partial charge in [0.05, 0.1) is 0 Å². The second-order valence-corrected chi connectivity index (χ2v) is 5.69. The van der Waals surface area contributed by atoms with Gasteiger partial charge in [-0.3, -0.25) is 4.79 Å². The molecule has 0 aromatic rings. The summed E-state index contributed by atoms with van der Waals surface area (Å²) in [4.78, 5) is 23.0. The maximum Gasteiger partial charge on any atom is 0.407 e. The lowest BCUT2D eigenvalue weighted by atomic mass is 9.88. The van der Waals surface area contributed by atoms with Gasteiger partial charge in [0.25, 0.3) is 0 Å². The van der Waals surface area contributed by atoms with Gasteiger partial charge in [-0.2, -0.15) is 0 Å². The lowest BCUT2D eigenvalue weighted by Gasteiger charge is -2.24. The fourth-order valence-electron chi connectivity index (χ4n) is 1.85. The van der Waals surface area contributed by atoms with Crippen molar-refractivity contribution in [2.24, 2.45) is 5.41 Å². The molecule has 16 heavy (non-hydrogen) atoms. The Kier molecular flexibility index (Phi) is 3.61. The van der Waals surface area contributed by atoms with E-state index < -0.39 is 17.1 Å². The van der Waals surface area contributed by atoms with Gasteiger partial charge in [0.1, 0.15) is 11.4 Å². The second-order valence-electron chi connectivity index (χ2n) is 5.69. The molecule has 0 aromatic carbocycles. The summed E-state index contributed by atoms with van der Waals surface area (Å²) in [6.45, 7) is 7.72. The smallest absolute Gasteiger partial charge is 0.407 e. The Morgan fingerprint density at radius 1 is 1.50 bits per heavy atom. The first kappa shape index (κ1) is 13.0. The third-order valence-corrected chi connectivity index (χ3v) is 2.83. The first-order valence-corrected chi connectivity index (χ1v) is 5.73. The van der Waals surface area contributed by atoms with E-state index in [2.05, 4.69) is 5.32 Å². The van der Waals surface area contributed by atoms with Gasteiger partial charge >= 0.3 is 6.09 Å². The van der Waals surface area contributed by atoms with Crippen LogP contribution in [-0.4, -0.2) is 24.0 Å². The number of ether oxygens (including phenoxy) is 1. The minimum absolute atomic E-state index is 0.239. The highest BCUT2D eigenvalue weighted by Gasteiger charge is 2.37. The monoisotopic (exact) mass is 227 g/mol. The molecular formula is C12H21NO3. The van der Waals surface area contributed by atoms with Crippen molar-refractivity contribution in [3.63, 3.8) is 0 Å². The lowest BCUT2D eigenvalue weighted by molar-refractivity contribution is -0.124. The Balaban J connectivity index is 2.40. The number of hydrogen-bond acceptors (Lipinski definition) is 3. The third kappa shape index (κ3) is 3.51. The van der Waals surface area contributed by atoms with E-state index in [1.54, 1.807) is 0 Å². The number of Topliss-reactive ketones (excluding diaryl/α,β-unsaturated/α-hetero) is 1. The Labute approximate surface area is 96.7 Å². The number of hydrogen-bond donors (Lipinski definition) is 1. The van der Waals surface area contributed by atoms with E-state index in [-0.39, 0.29) is 5.78 Å². The molecule has 1 saturated carbocycles. The van der Waals surface area contributed by atoms with Crippen molar-refractivity contribution in [3.05, 3.63) is 0 Å². The summed E-state index contributed by atoms with van der Waals surface area (Å²) < 4.78 is 5.12. The van der Waals surface area contributed by atoms with Gasteiger partial charge in [-0.25, -0.2) is 4.79 Å². The Morgan fingerprint density at radius 3 is 2.56 bits per heavy atom. The molecule has 0 heterocycles. The molecule has 1 amide bonds. The zero-order valence-electron chi connectivity index (χ0n) is 10.6. The number of nitrogens with one attached hydrogen (secondary N) is 1. The highest BCUT2D eigenvalue weighted by molar-refractivity contribution is 5.87. The molecule has 4 heteroatoms. The van der Waals surface area contributed by atoms with E-state index >= 15 is 0 Å². The summed E-state index contributed by atoms with van der Waals surface area (Å²) in [5.74, 6) is 0.239. The molecule has 0 aromatic heterocycles. The molecule has 1 aliphatic carbocycles. The van der Waals surface area contributed by atoms with E-state index in [1.807, 2.05) is 27.7 Å². The van der Waals surface area contributed by atoms with Gasteiger partial charge in [0.2, 0.25) is 0 Å². The molecule has 0 saturated heterocycles. The van der Waals surface area contributed by atoms with Gasteiger partial charge in [-0.15, -0.1) is 0 Å². The Morgan fingerprint density at radius 2 is 2.12 bits per heavy atom.